The number of carbonyl (C=O) groups is 1. The van der Waals surface area contributed by atoms with Crippen molar-refractivity contribution in [3.63, 3.8) is 0 Å². The van der Waals surface area contributed by atoms with E-state index < -0.39 is 0 Å². The molecule has 5 nitrogen and oxygen atoms in total. The van der Waals surface area contributed by atoms with Gasteiger partial charge in [0.15, 0.2) is 0 Å². The maximum atomic E-state index is 12.3. The molecule has 0 fully saturated rings. The zero-order chi connectivity index (χ0) is 14.2. The molecule has 0 aliphatic heterocycles. The van der Waals surface area contributed by atoms with Crippen LogP contribution >= 0.6 is 11.3 Å². The molecule has 0 saturated heterocycles. The van der Waals surface area contributed by atoms with E-state index in [-0.39, 0.29) is 17.3 Å². The topological polar surface area (TPSA) is 81.2 Å². The third-order valence-corrected chi connectivity index (χ3v) is 3.53. The monoisotopic (exact) mass is 279 g/mol. The lowest BCUT2D eigenvalue weighted by molar-refractivity contribution is 0.0921. The normalized spacial score (nSPS) is 11.6. The first-order valence-electron chi connectivity index (χ1n) is 5.91. The van der Waals surface area contributed by atoms with Gasteiger partial charge in [0.1, 0.15) is 11.3 Å². The number of rotatable bonds is 2. The molecule has 0 aliphatic rings. The van der Waals surface area contributed by atoms with Crippen molar-refractivity contribution < 1.29 is 9.32 Å². The molecular formula is C13H17N3O2S. The van der Waals surface area contributed by atoms with Crippen LogP contribution in [0, 0.1) is 6.92 Å². The number of nitrogens with two attached hydrogens (primary N) is 1. The third-order valence-electron chi connectivity index (χ3n) is 2.51. The molecule has 2 rings (SSSR count). The molecule has 0 atom stereocenters. The highest BCUT2D eigenvalue weighted by Crippen LogP contribution is 2.33. The Morgan fingerprint density at radius 2 is 2.16 bits per heavy atom. The summed E-state index contributed by atoms with van der Waals surface area (Å²) in [5.41, 5.74) is 7.24. The summed E-state index contributed by atoms with van der Waals surface area (Å²) < 4.78 is 4.98. The van der Waals surface area contributed by atoms with Crippen molar-refractivity contribution in [2.75, 3.05) is 5.73 Å². The highest BCUT2D eigenvalue weighted by atomic mass is 32.1. The third kappa shape index (κ3) is 2.78. The zero-order valence-electron chi connectivity index (χ0n) is 11.4. The molecule has 1 amide bonds. The van der Waals surface area contributed by atoms with Gasteiger partial charge in [-0.15, -0.1) is 11.3 Å². The fraction of sp³-hybridized carbons (Fsp3) is 0.385. The Morgan fingerprint density at radius 1 is 1.47 bits per heavy atom. The summed E-state index contributed by atoms with van der Waals surface area (Å²) in [6, 6.07) is 1.97. The molecule has 2 aromatic rings. The van der Waals surface area contributed by atoms with Crippen molar-refractivity contribution in [1.29, 1.82) is 0 Å². The maximum Gasteiger partial charge on any atom is 0.259 e. The van der Waals surface area contributed by atoms with Crippen LogP contribution in [-0.2, 0) is 0 Å². The molecule has 0 spiro atoms. The van der Waals surface area contributed by atoms with Crippen LogP contribution < -0.4 is 11.1 Å². The highest BCUT2D eigenvalue weighted by Gasteiger charge is 2.26. The van der Waals surface area contributed by atoms with E-state index in [1.54, 1.807) is 0 Å². The van der Waals surface area contributed by atoms with E-state index in [9.17, 15) is 4.79 Å². The smallest absolute Gasteiger partial charge is 0.259 e. The molecule has 0 saturated carbocycles. The van der Waals surface area contributed by atoms with Crippen molar-refractivity contribution in [1.82, 2.24) is 10.5 Å². The molecule has 2 aromatic heterocycles. The van der Waals surface area contributed by atoms with Gasteiger partial charge >= 0.3 is 0 Å². The summed E-state index contributed by atoms with van der Waals surface area (Å²) in [6.07, 6.45) is 0. The van der Waals surface area contributed by atoms with E-state index >= 15 is 0 Å². The van der Waals surface area contributed by atoms with E-state index in [4.69, 9.17) is 10.3 Å². The number of nitrogen functional groups attached to an aromatic ring is 1. The Balaban J connectivity index is 2.44. The number of nitrogens with one attached hydrogen (secondary N) is 1. The van der Waals surface area contributed by atoms with Gasteiger partial charge in [0.25, 0.3) is 5.91 Å². The SMILES string of the molecule is Cc1ccsc1-c1noc(N)c1C(=O)NC(C)(C)C. The number of aryl methyl sites for hydroxylation is 1. The highest BCUT2D eigenvalue weighted by molar-refractivity contribution is 7.13. The lowest BCUT2D eigenvalue weighted by Crippen LogP contribution is -2.40. The zero-order valence-corrected chi connectivity index (χ0v) is 12.2. The lowest BCUT2D eigenvalue weighted by atomic mass is 10.1. The Bertz CT molecular complexity index is 608. The lowest BCUT2D eigenvalue weighted by Gasteiger charge is -2.20. The van der Waals surface area contributed by atoms with Crippen LogP contribution in [0.15, 0.2) is 16.0 Å². The number of nitrogens with zero attached hydrogens (tertiary/aromatic N) is 1. The molecule has 0 aliphatic carbocycles. The van der Waals surface area contributed by atoms with E-state index in [1.165, 1.54) is 11.3 Å². The number of thiophene rings is 1. The number of aromatic nitrogens is 1. The summed E-state index contributed by atoms with van der Waals surface area (Å²) >= 11 is 1.51. The number of anilines is 1. The van der Waals surface area contributed by atoms with Crippen molar-refractivity contribution in [3.05, 3.63) is 22.6 Å². The second-order valence-corrected chi connectivity index (χ2v) is 6.32. The first kappa shape index (κ1) is 13.6. The van der Waals surface area contributed by atoms with Crippen LogP contribution in [0.5, 0.6) is 0 Å². The molecular weight excluding hydrogens is 262 g/mol. The van der Waals surface area contributed by atoms with Gasteiger partial charge in [-0.2, -0.15) is 0 Å². The quantitative estimate of drug-likeness (QED) is 0.885. The van der Waals surface area contributed by atoms with Gasteiger partial charge in [0.05, 0.1) is 4.88 Å². The van der Waals surface area contributed by atoms with E-state index in [0.717, 1.165) is 10.4 Å². The molecule has 3 N–H and O–H groups in total. The van der Waals surface area contributed by atoms with Crippen LogP contribution in [0.4, 0.5) is 5.88 Å². The predicted molar refractivity (Wildman–Crippen MR) is 76.2 cm³/mol. The maximum absolute atomic E-state index is 12.3. The molecule has 0 bridgehead atoms. The van der Waals surface area contributed by atoms with E-state index in [1.807, 2.05) is 39.1 Å². The molecule has 6 heteroatoms. The minimum Gasteiger partial charge on any atom is -0.367 e. The largest absolute Gasteiger partial charge is 0.367 e. The van der Waals surface area contributed by atoms with Crippen LogP contribution in [0.3, 0.4) is 0 Å². The Kier molecular flexibility index (Phi) is 3.36. The van der Waals surface area contributed by atoms with E-state index in [0.29, 0.717) is 11.3 Å². The molecule has 19 heavy (non-hydrogen) atoms. The fourth-order valence-electron chi connectivity index (χ4n) is 1.70. The Labute approximate surface area is 115 Å². The van der Waals surface area contributed by atoms with Crippen LogP contribution in [0.2, 0.25) is 0 Å². The van der Waals surface area contributed by atoms with Gasteiger partial charge in [-0.05, 0) is 44.7 Å². The van der Waals surface area contributed by atoms with Gasteiger partial charge in [0.2, 0.25) is 5.88 Å². The van der Waals surface area contributed by atoms with E-state index in [2.05, 4.69) is 10.5 Å². The molecule has 0 unspecified atom stereocenters. The van der Waals surface area contributed by atoms with Crippen molar-refractivity contribution in [3.8, 4) is 10.6 Å². The number of amides is 1. The first-order valence-corrected chi connectivity index (χ1v) is 6.79. The van der Waals surface area contributed by atoms with Gasteiger partial charge < -0.3 is 15.6 Å². The summed E-state index contributed by atoms with van der Waals surface area (Å²) in [6.45, 7) is 7.68. The van der Waals surface area contributed by atoms with Gasteiger partial charge in [-0.1, -0.05) is 5.16 Å². The Hall–Kier alpha value is -1.82. The first-order chi connectivity index (χ1) is 8.79. The second kappa shape index (κ2) is 4.70. The standard InChI is InChI=1S/C13H17N3O2S/c1-7-5-6-19-10(7)9-8(11(14)18-16-9)12(17)15-13(2,3)4/h5-6H,14H2,1-4H3,(H,15,17). The molecule has 0 aromatic carbocycles. The van der Waals surface area contributed by atoms with Crippen LogP contribution in [0.25, 0.3) is 10.6 Å². The fourth-order valence-corrected chi connectivity index (χ4v) is 2.61. The molecule has 0 radical (unpaired) electrons. The summed E-state index contributed by atoms with van der Waals surface area (Å²) in [4.78, 5) is 13.2. The van der Waals surface area contributed by atoms with Crippen molar-refractivity contribution in [2.45, 2.75) is 33.2 Å². The molecule has 102 valence electrons. The average molecular weight is 279 g/mol. The van der Waals surface area contributed by atoms with Gasteiger partial charge in [-0.3, -0.25) is 4.79 Å². The van der Waals surface area contributed by atoms with Crippen LogP contribution in [0.1, 0.15) is 36.7 Å². The number of hydrogen-bond donors (Lipinski definition) is 2. The number of hydrogen-bond acceptors (Lipinski definition) is 5. The summed E-state index contributed by atoms with van der Waals surface area (Å²) in [7, 11) is 0. The summed E-state index contributed by atoms with van der Waals surface area (Å²) in [5, 5.41) is 8.73. The second-order valence-electron chi connectivity index (χ2n) is 5.41. The summed E-state index contributed by atoms with van der Waals surface area (Å²) in [5.74, 6) is -0.224. The Morgan fingerprint density at radius 3 is 2.68 bits per heavy atom. The average Bonchev–Trinajstić information content (AvgIpc) is 2.81. The predicted octanol–water partition coefficient (Wildman–Crippen LogP) is 2.82. The van der Waals surface area contributed by atoms with Crippen molar-refractivity contribution in [2.24, 2.45) is 0 Å². The van der Waals surface area contributed by atoms with Crippen LogP contribution in [-0.4, -0.2) is 16.6 Å². The van der Waals surface area contributed by atoms with Gasteiger partial charge in [0, 0.05) is 5.54 Å². The van der Waals surface area contributed by atoms with Gasteiger partial charge in [-0.25, -0.2) is 0 Å². The minimum absolute atomic E-state index is 0.0459. The van der Waals surface area contributed by atoms with Crippen molar-refractivity contribution >= 4 is 23.1 Å². The molecule has 2 heterocycles. The minimum atomic E-state index is -0.345. The number of carbonyl (C=O) groups excluding carboxylic acids is 1.